The third-order valence-electron chi connectivity index (χ3n) is 3.80. The summed E-state index contributed by atoms with van der Waals surface area (Å²) >= 11 is 1.91. The minimum absolute atomic E-state index is 0.298. The Bertz CT molecular complexity index is 463. The lowest BCUT2D eigenvalue weighted by molar-refractivity contribution is -0.134. The molecular formula is C14H17NO2S. The molecule has 3 rings (SSSR count). The van der Waals surface area contributed by atoms with Crippen LogP contribution in [0.25, 0.3) is 0 Å². The minimum Gasteiger partial charge on any atom is -0.496 e. The van der Waals surface area contributed by atoms with Crippen molar-refractivity contribution in [3.8, 4) is 5.75 Å². The molecule has 1 amide bonds. The predicted octanol–water partition coefficient (Wildman–Crippen LogP) is 2.47. The molecule has 0 unspecified atom stereocenters. The number of ether oxygens (including phenoxy) is 1. The molecule has 2 saturated heterocycles. The van der Waals surface area contributed by atoms with E-state index in [1.807, 2.05) is 34.9 Å². The average Bonchev–Trinajstić information content (AvgIpc) is 2.87. The Labute approximate surface area is 111 Å². The van der Waals surface area contributed by atoms with Gasteiger partial charge in [0.2, 0.25) is 5.91 Å². The quantitative estimate of drug-likeness (QED) is 0.821. The molecular weight excluding hydrogens is 246 g/mol. The number of nitrogens with zero attached hydrogens (tertiary/aromatic N) is 1. The maximum Gasteiger partial charge on any atom is 0.224 e. The average molecular weight is 263 g/mol. The van der Waals surface area contributed by atoms with Gasteiger partial charge in [-0.05, 0) is 24.0 Å². The summed E-state index contributed by atoms with van der Waals surface area (Å²) in [6.07, 6.45) is 1.67. The molecule has 1 aromatic rings. The monoisotopic (exact) mass is 263 g/mol. The van der Waals surface area contributed by atoms with Gasteiger partial charge in [-0.2, -0.15) is 0 Å². The molecule has 2 aliphatic rings. The summed E-state index contributed by atoms with van der Waals surface area (Å²) in [5, 5.41) is 0.376. The Morgan fingerprint density at radius 3 is 3.06 bits per heavy atom. The Balaban J connectivity index is 1.86. The number of benzene rings is 1. The molecule has 2 atom stereocenters. The van der Waals surface area contributed by atoms with Crippen LogP contribution in [0.4, 0.5) is 0 Å². The van der Waals surface area contributed by atoms with Crippen molar-refractivity contribution in [2.24, 2.45) is 0 Å². The first kappa shape index (κ1) is 11.9. The van der Waals surface area contributed by atoms with Crippen molar-refractivity contribution >= 4 is 17.7 Å². The normalized spacial score (nSPS) is 27.2. The van der Waals surface area contributed by atoms with Crippen LogP contribution in [-0.2, 0) is 4.79 Å². The van der Waals surface area contributed by atoms with Gasteiger partial charge in [0.1, 0.15) is 5.75 Å². The van der Waals surface area contributed by atoms with Crippen molar-refractivity contribution in [3.63, 3.8) is 0 Å². The first-order valence-electron chi connectivity index (χ1n) is 6.33. The highest BCUT2D eigenvalue weighted by molar-refractivity contribution is 8.00. The molecule has 0 saturated carbocycles. The predicted molar refractivity (Wildman–Crippen MR) is 72.9 cm³/mol. The summed E-state index contributed by atoms with van der Waals surface area (Å²) in [5.74, 6) is 2.59. The van der Waals surface area contributed by atoms with Gasteiger partial charge in [-0.1, -0.05) is 18.2 Å². The number of hydrogen-bond acceptors (Lipinski definition) is 3. The van der Waals surface area contributed by atoms with Crippen molar-refractivity contribution in [2.45, 2.75) is 24.1 Å². The highest BCUT2D eigenvalue weighted by Gasteiger charge is 2.38. The molecule has 2 heterocycles. The van der Waals surface area contributed by atoms with Crippen molar-refractivity contribution < 1.29 is 9.53 Å². The van der Waals surface area contributed by atoms with E-state index in [1.54, 1.807) is 7.11 Å². The molecule has 96 valence electrons. The zero-order chi connectivity index (χ0) is 12.5. The van der Waals surface area contributed by atoms with Gasteiger partial charge in [-0.3, -0.25) is 4.79 Å². The number of para-hydroxylation sites is 1. The number of thioether (sulfide) groups is 1. The number of rotatable bonds is 2. The van der Waals surface area contributed by atoms with Gasteiger partial charge in [-0.15, -0.1) is 11.8 Å². The highest BCUT2D eigenvalue weighted by Crippen LogP contribution is 2.42. The van der Waals surface area contributed by atoms with Crippen LogP contribution in [0, 0.1) is 0 Å². The molecule has 0 aromatic heterocycles. The number of methoxy groups -OCH3 is 1. The number of fused-ring (bicyclic) bond motifs is 1. The minimum atomic E-state index is 0.298. The van der Waals surface area contributed by atoms with Crippen LogP contribution in [-0.4, -0.2) is 35.6 Å². The fourth-order valence-electron chi connectivity index (χ4n) is 2.90. The molecule has 0 aliphatic carbocycles. The number of carbonyl (C=O) groups excluding carboxylic acids is 1. The Hall–Kier alpha value is -1.16. The van der Waals surface area contributed by atoms with Gasteiger partial charge in [0.05, 0.1) is 12.5 Å². The van der Waals surface area contributed by atoms with E-state index in [1.165, 1.54) is 5.56 Å². The van der Waals surface area contributed by atoms with E-state index < -0.39 is 0 Å². The number of hydrogen-bond donors (Lipinski definition) is 0. The number of piperidine rings is 1. The molecule has 3 nitrogen and oxygen atoms in total. The SMILES string of the molecule is COc1ccccc1[C@H]1CC(=O)N2CCS[C@H]2C1. The Kier molecular flexibility index (Phi) is 3.20. The summed E-state index contributed by atoms with van der Waals surface area (Å²) in [6, 6.07) is 8.07. The van der Waals surface area contributed by atoms with E-state index in [9.17, 15) is 4.79 Å². The van der Waals surface area contributed by atoms with Crippen LogP contribution in [0.15, 0.2) is 24.3 Å². The molecule has 0 N–H and O–H groups in total. The summed E-state index contributed by atoms with van der Waals surface area (Å²) in [7, 11) is 1.69. The zero-order valence-electron chi connectivity index (χ0n) is 10.5. The van der Waals surface area contributed by atoms with Gasteiger partial charge in [0.15, 0.2) is 0 Å². The van der Waals surface area contributed by atoms with Crippen LogP contribution in [0.3, 0.4) is 0 Å². The maximum absolute atomic E-state index is 12.1. The molecule has 1 aromatic carbocycles. The largest absolute Gasteiger partial charge is 0.496 e. The topological polar surface area (TPSA) is 29.5 Å². The summed E-state index contributed by atoms with van der Waals surface area (Å²) in [5.41, 5.74) is 1.18. The third kappa shape index (κ3) is 1.99. The van der Waals surface area contributed by atoms with Crippen molar-refractivity contribution in [1.29, 1.82) is 0 Å². The van der Waals surface area contributed by atoms with Gasteiger partial charge < -0.3 is 9.64 Å². The fraction of sp³-hybridized carbons (Fsp3) is 0.500. The second-order valence-electron chi connectivity index (χ2n) is 4.79. The van der Waals surface area contributed by atoms with E-state index >= 15 is 0 Å². The molecule has 0 radical (unpaired) electrons. The van der Waals surface area contributed by atoms with E-state index in [2.05, 4.69) is 6.07 Å². The van der Waals surface area contributed by atoms with Crippen LogP contribution in [0.1, 0.15) is 24.3 Å². The first-order valence-corrected chi connectivity index (χ1v) is 7.38. The van der Waals surface area contributed by atoms with Gasteiger partial charge in [0, 0.05) is 18.7 Å². The van der Waals surface area contributed by atoms with E-state index in [0.717, 1.165) is 24.5 Å². The smallest absolute Gasteiger partial charge is 0.224 e. The summed E-state index contributed by atoms with van der Waals surface area (Å²) < 4.78 is 5.41. The summed E-state index contributed by atoms with van der Waals surface area (Å²) in [6.45, 7) is 0.923. The van der Waals surface area contributed by atoms with E-state index in [4.69, 9.17) is 4.74 Å². The van der Waals surface area contributed by atoms with Crippen LogP contribution >= 0.6 is 11.8 Å². The van der Waals surface area contributed by atoms with Crippen molar-refractivity contribution in [1.82, 2.24) is 4.90 Å². The first-order chi connectivity index (χ1) is 8.79. The molecule has 2 fully saturated rings. The molecule has 18 heavy (non-hydrogen) atoms. The molecule has 0 spiro atoms. The van der Waals surface area contributed by atoms with Crippen LogP contribution < -0.4 is 4.74 Å². The number of carbonyl (C=O) groups is 1. The lowest BCUT2D eigenvalue weighted by Gasteiger charge is -2.34. The fourth-order valence-corrected chi connectivity index (χ4v) is 4.24. The maximum atomic E-state index is 12.1. The standard InChI is InChI=1S/C14H17NO2S/c1-17-12-5-3-2-4-11(12)10-8-13(16)15-6-7-18-14(15)9-10/h2-5,10,14H,6-9H2,1H3/t10-,14-/m0/s1. The lowest BCUT2D eigenvalue weighted by atomic mass is 9.88. The van der Waals surface area contributed by atoms with Crippen molar-refractivity contribution in [2.75, 3.05) is 19.4 Å². The van der Waals surface area contributed by atoms with Crippen LogP contribution in [0.5, 0.6) is 5.75 Å². The van der Waals surface area contributed by atoms with Crippen LogP contribution in [0.2, 0.25) is 0 Å². The second-order valence-corrected chi connectivity index (χ2v) is 6.08. The van der Waals surface area contributed by atoms with E-state index in [0.29, 0.717) is 23.6 Å². The zero-order valence-corrected chi connectivity index (χ0v) is 11.3. The van der Waals surface area contributed by atoms with Gasteiger partial charge in [0.25, 0.3) is 0 Å². The second kappa shape index (κ2) is 4.84. The van der Waals surface area contributed by atoms with Gasteiger partial charge >= 0.3 is 0 Å². The van der Waals surface area contributed by atoms with E-state index in [-0.39, 0.29) is 0 Å². The molecule has 4 heteroatoms. The molecule has 0 bridgehead atoms. The highest BCUT2D eigenvalue weighted by atomic mass is 32.2. The van der Waals surface area contributed by atoms with Crippen molar-refractivity contribution in [3.05, 3.63) is 29.8 Å². The Morgan fingerprint density at radius 1 is 1.39 bits per heavy atom. The Morgan fingerprint density at radius 2 is 2.22 bits per heavy atom. The number of amides is 1. The summed E-state index contributed by atoms with van der Waals surface area (Å²) in [4.78, 5) is 14.2. The lowest BCUT2D eigenvalue weighted by Crippen LogP contribution is -2.40. The van der Waals surface area contributed by atoms with Gasteiger partial charge in [-0.25, -0.2) is 0 Å². The molecule has 2 aliphatic heterocycles. The third-order valence-corrected chi connectivity index (χ3v) is 5.05.